The van der Waals surface area contributed by atoms with E-state index in [0.717, 1.165) is 6.42 Å². The van der Waals surface area contributed by atoms with Gasteiger partial charge in [0.1, 0.15) is 0 Å². The molecule has 0 aromatic carbocycles. The number of nitrogens with one attached hydrogen (secondary N) is 1. The molecular weight excluding hydrogens is 248 g/mol. The molecule has 0 radical (unpaired) electrons. The number of nitriles is 1. The number of rotatable bonds is 11. The molecule has 0 heterocycles. The molecule has 18 heavy (non-hydrogen) atoms. The molecule has 1 atom stereocenters. The number of nitrogens with zero attached hydrogens (tertiary/aromatic N) is 1. The van der Waals surface area contributed by atoms with Crippen LogP contribution < -0.4 is 5.32 Å². The maximum absolute atomic E-state index is 8.59. The van der Waals surface area contributed by atoms with Gasteiger partial charge < -0.3 is 18.6 Å². The van der Waals surface area contributed by atoms with Crippen molar-refractivity contribution in [1.29, 1.82) is 5.26 Å². The van der Waals surface area contributed by atoms with Gasteiger partial charge in [0.15, 0.2) is 0 Å². The van der Waals surface area contributed by atoms with Crippen LogP contribution >= 0.6 is 0 Å². The normalized spacial score (nSPS) is 13.3. The largest absolute Gasteiger partial charge is 0.518 e. The van der Waals surface area contributed by atoms with Crippen molar-refractivity contribution in [2.24, 2.45) is 0 Å². The lowest BCUT2D eigenvalue weighted by atomic mass is 10.4. The topological polar surface area (TPSA) is 63.5 Å². The van der Waals surface area contributed by atoms with E-state index in [1.54, 1.807) is 0 Å². The highest BCUT2D eigenvalue weighted by Gasteiger charge is 2.48. The van der Waals surface area contributed by atoms with Crippen molar-refractivity contribution in [2.75, 3.05) is 26.4 Å². The molecule has 0 aliphatic rings. The van der Waals surface area contributed by atoms with E-state index >= 15 is 0 Å². The van der Waals surface area contributed by atoms with E-state index in [-0.39, 0.29) is 5.67 Å². The van der Waals surface area contributed by atoms with Crippen molar-refractivity contribution >= 4 is 8.80 Å². The molecule has 106 valence electrons. The van der Waals surface area contributed by atoms with Crippen molar-refractivity contribution < 1.29 is 13.3 Å². The highest BCUT2D eigenvalue weighted by Crippen LogP contribution is 2.17. The van der Waals surface area contributed by atoms with Crippen LogP contribution in [0.5, 0.6) is 0 Å². The van der Waals surface area contributed by atoms with Crippen LogP contribution in [0.4, 0.5) is 0 Å². The summed E-state index contributed by atoms with van der Waals surface area (Å²) in [5.41, 5.74) is 0.0469. The molecular formula is C12H26N2O3Si. The van der Waals surface area contributed by atoms with Gasteiger partial charge in [-0.25, -0.2) is 0 Å². The Balaban J connectivity index is 4.77. The summed E-state index contributed by atoms with van der Waals surface area (Å²) >= 11 is 0. The van der Waals surface area contributed by atoms with Crippen molar-refractivity contribution in [3.8, 4) is 6.07 Å². The van der Waals surface area contributed by atoms with Crippen LogP contribution in [0.25, 0.3) is 0 Å². The van der Waals surface area contributed by atoms with Gasteiger partial charge in [-0.2, -0.15) is 5.26 Å². The maximum atomic E-state index is 8.59. The molecule has 5 nitrogen and oxygen atoms in total. The quantitative estimate of drug-likeness (QED) is 0.460. The Morgan fingerprint density at radius 2 is 1.56 bits per heavy atom. The molecule has 0 spiro atoms. The zero-order chi connectivity index (χ0) is 13.9. The minimum absolute atomic E-state index is 0.0469. The molecule has 0 aromatic heterocycles. The van der Waals surface area contributed by atoms with Crippen LogP contribution in [-0.2, 0) is 13.3 Å². The Labute approximate surface area is 112 Å². The summed E-state index contributed by atoms with van der Waals surface area (Å²) in [5.74, 6) is 0. The Bertz CT molecular complexity index is 229. The Morgan fingerprint density at radius 3 is 1.89 bits per heavy atom. The standard InChI is InChI=1S/C12H26N2O3Si/c1-5-12(14-11-9-10-13)18(15-6-2,16-7-3)17-8-4/h12,14H,5-9,11H2,1-4H3. The molecule has 0 saturated heterocycles. The van der Waals surface area contributed by atoms with Gasteiger partial charge in [-0.3, -0.25) is 0 Å². The van der Waals surface area contributed by atoms with Crippen LogP contribution in [-0.4, -0.2) is 40.8 Å². The van der Waals surface area contributed by atoms with E-state index in [1.165, 1.54) is 0 Å². The monoisotopic (exact) mass is 274 g/mol. The lowest BCUT2D eigenvalue weighted by Gasteiger charge is -2.35. The fraction of sp³-hybridized carbons (Fsp3) is 0.917. The third-order valence-corrected chi connectivity index (χ3v) is 6.04. The molecule has 1 N–H and O–H groups in total. The molecule has 0 aromatic rings. The van der Waals surface area contributed by atoms with Crippen LogP contribution in [0.3, 0.4) is 0 Å². The minimum Gasteiger partial charge on any atom is -0.373 e. The van der Waals surface area contributed by atoms with Crippen molar-refractivity contribution in [1.82, 2.24) is 5.32 Å². The van der Waals surface area contributed by atoms with Crippen LogP contribution in [0.2, 0.25) is 0 Å². The average Bonchev–Trinajstić information content (AvgIpc) is 2.35. The molecule has 0 bridgehead atoms. The first-order valence-electron chi connectivity index (χ1n) is 6.72. The molecule has 0 fully saturated rings. The first-order chi connectivity index (χ1) is 8.70. The SMILES string of the molecule is CCO[Si](OCC)(OCC)C(CC)NCCC#N. The average molecular weight is 274 g/mol. The lowest BCUT2D eigenvalue weighted by Crippen LogP contribution is -2.62. The van der Waals surface area contributed by atoms with E-state index in [4.69, 9.17) is 18.5 Å². The molecule has 0 aliphatic heterocycles. The smallest absolute Gasteiger partial charge is 0.373 e. The summed E-state index contributed by atoms with van der Waals surface area (Å²) in [6.07, 6.45) is 1.34. The zero-order valence-electron chi connectivity index (χ0n) is 12.0. The second-order valence-corrected chi connectivity index (χ2v) is 6.50. The van der Waals surface area contributed by atoms with Crippen molar-refractivity contribution in [3.05, 3.63) is 0 Å². The predicted octanol–water partition coefficient (Wildman–Crippen LogP) is 1.86. The lowest BCUT2D eigenvalue weighted by molar-refractivity contribution is 0.0574. The van der Waals surface area contributed by atoms with E-state index in [2.05, 4.69) is 18.3 Å². The highest BCUT2D eigenvalue weighted by molar-refractivity contribution is 6.62. The van der Waals surface area contributed by atoms with E-state index in [0.29, 0.717) is 32.8 Å². The third kappa shape index (κ3) is 5.46. The molecule has 0 saturated carbocycles. The van der Waals surface area contributed by atoms with Crippen LogP contribution in [0.15, 0.2) is 0 Å². The van der Waals surface area contributed by atoms with E-state index < -0.39 is 8.80 Å². The van der Waals surface area contributed by atoms with Gasteiger partial charge in [0.05, 0.1) is 11.7 Å². The predicted molar refractivity (Wildman–Crippen MR) is 72.9 cm³/mol. The second kappa shape index (κ2) is 10.5. The Hall–Kier alpha value is -0.453. The van der Waals surface area contributed by atoms with Gasteiger partial charge in [-0.05, 0) is 27.2 Å². The van der Waals surface area contributed by atoms with Gasteiger partial charge in [0.25, 0.3) is 0 Å². The molecule has 6 heteroatoms. The summed E-state index contributed by atoms with van der Waals surface area (Å²) in [6, 6.07) is 2.13. The first kappa shape index (κ1) is 17.5. The summed E-state index contributed by atoms with van der Waals surface area (Å²) in [7, 11) is -2.70. The van der Waals surface area contributed by atoms with E-state index in [1.807, 2.05) is 20.8 Å². The number of hydrogen-bond acceptors (Lipinski definition) is 5. The van der Waals surface area contributed by atoms with E-state index in [9.17, 15) is 0 Å². The van der Waals surface area contributed by atoms with Gasteiger partial charge in [0.2, 0.25) is 0 Å². The van der Waals surface area contributed by atoms with Gasteiger partial charge in [-0.15, -0.1) is 0 Å². The fourth-order valence-corrected chi connectivity index (χ4v) is 4.81. The number of hydrogen-bond donors (Lipinski definition) is 1. The summed E-state index contributed by atoms with van der Waals surface area (Å²) < 4.78 is 17.5. The Kier molecular flexibility index (Phi) is 10.2. The Morgan fingerprint density at radius 1 is 1.06 bits per heavy atom. The first-order valence-corrected chi connectivity index (χ1v) is 8.53. The van der Waals surface area contributed by atoms with Crippen molar-refractivity contribution in [2.45, 2.75) is 46.2 Å². The fourth-order valence-electron chi connectivity index (χ4n) is 1.85. The zero-order valence-corrected chi connectivity index (χ0v) is 13.0. The minimum atomic E-state index is -2.70. The maximum Gasteiger partial charge on any atom is 0.518 e. The van der Waals surface area contributed by atoms with Gasteiger partial charge in [-0.1, -0.05) is 6.92 Å². The summed E-state index contributed by atoms with van der Waals surface area (Å²) in [5, 5.41) is 11.9. The van der Waals surface area contributed by atoms with Crippen LogP contribution in [0, 0.1) is 11.3 Å². The third-order valence-electron chi connectivity index (χ3n) is 2.50. The van der Waals surface area contributed by atoms with Crippen molar-refractivity contribution in [3.63, 3.8) is 0 Å². The molecule has 0 aliphatic carbocycles. The van der Waals surface area contributed by atoms with Gasteiger partial charge in [0, 0.05) is 32.8 Å². The summed E-state index contributed by atoms with van der Waals surface area (Å²) in [6.45, 7) is 10.3. The molecule has 0 rings (SSSR count). The van der Waals surface area contributed by atoms with Gasteiger partial charge >= 0.3 is 8.80 Å². The summed E-state index contributed by atoms with van der Waals surface area (Å²) in [4.78, 5) is 0. The highest BCUT2D eigenvalue weighted by atomic mass is 28.4. The molecule has 0 amide bonds. The molecule has 1 unspecified atom stereocenters. The second-order valence-electron chi connectivity index (χ2n) is 3.73. The van der Waals surface area contributed by atoms with Crippen LogP contribution in [0.1, 0.15) is 40.5 Å².